The van der Waals surface area contributed by atoms with Crippen LogP contribution < -0.4 is 5.73 Å². The van der Waals surface area contributed by atoms with Crippen LogP contribution in [-0.2, 0) is 6.42 Å². The van der Waals surface area contributed by atoms with E-state index in [1.807, 2.05) is 19.1 Å². The second-order valence-corrected chi connectivity index (χ2v) is 4.22. The molecule has 0 aliphatic heterocycles. The van der Waals surface area contributed by atoms with Crippen molar-refractivity contribution in [1.29, 1.82) is 0 Å². The monoisotopic (exact) mass is 236 g/mol. The van der Waals surface area contributed by atoms with Crippen molar-refractivity contribution in [3.8, 4) is 0 Å². The van der Waals surface area contributed by atoms with E-state index >= 15 is 0 Å². The van der Waals surface area contributed by atoms with E-state index in [9.17, 15) is 8.78 Å². The zero-order valence-electron chi connectivity index (χ0n) is 9.58. The molecule has 90 valence electrons. The van der Waals surface area contributed by atoms with Gasteiger partial charge in [0.2, 0.25) is 0 Å². The summed E-state index contributed by atoms with van der Waals surface area (Å²) in [4.78, 5) is 4.32. The van der Waals surface area contributed by atoms with Gasteiger partial charge >= 0.3 is 0 Å². The quantitative estimate of drug-likeness (QED) is 0.889. The Kier molecular flexibility index (Phi) is 3.07. The first-order chi connectivity index (χ1) is 8.00. The van der Waals surface area contributed by atoms with Gasteiger partial charge in [-0.1, -0.05) is 12.1 Å². The number of alkyl halides is 2. The summed E-state index contributed by atoms with van der Waals surface area (Å²) in [6.45, 7) is 1.27. The van der Waals surface area contributed by atoms with Gasteiger partial charge < -0.3 is 5.73 Å². The van der Waals surface area contributed by atoms with Crippen LogP contribution >= 0.6 is 0 Å². The molecule has 0 atom stereocenters. The molecule has 0 radical (unpaired) electrons. The van der Waals surface area contributed by atoms with E-state index in [-0.39, 0.29) is 6.42 Å². The van der Waals surface area contributed by atoms with E-state index in [0.717, 1.165) is 16.6 Å². The van der Waals surface area contributed by atoms with Gasteiger partial charge in [-0.25, -0.2) is 8.78 Å². The third-order valence-electron chi connectivity index (χ3n) is 2.65. The van der Waals surface area contributed by atoms with E-state index in [4.69, 9.17) is 5.73 Å². The molecule has 1 aromatic heterocycles. The van der Waals surface area contributed by atoms with Crippen LogP contribution in [0.5, 0.6) is 0 Å². The second-order valence-electron chi connectivity index (χ2n) is 4.22. The minimum atomic E-state index is -2.84. The van der Waals surface area contributed by atoms with Crippen LogP contribution in [0.15, 0.2) is 30.3 Å². The minimum Gasteiger partial charge on any atom is -0.325 e. The summed E-state index contributed by atoms with van der Waals surface area (Å²) >= 11 is 0. The molecule has 0 fully saturated rings. The molecule has 0 saturated carbocycles. The third kappa shape index (κ3) is 2.77. The molecule has 0 bridgehead atoms. The van der Waals surface area contributed by atoms with Crippen LogP contribution in [0.3, 0.4) is 0 Å². The molecule has 1 heterocycles. The van der Waals surface area contributed by atoms with Gasteiger partial charge in [0.15, 0.2) is 0 Å². The molecule has 17 heavy (non-hydrogen) atoms. The lowest BCUT2D eigenvalue weighted by Gasteiger charge is -2.13. The van der Waals surface area contributed by atoms with Gasteiger partial charge in [0.05, 0.1) is 12.1 Å². The highest BCUT2D eigenvalue weighted by molar-refractivity contribution is 5.79. The lowest BCUT2D eigenvalue weighted by Crippen LogP contribution is -2.30. The lowest BCUT2D eigenvalue weighted by molar-refractivity contribution is 0.0115. The van der Waals surface area contributed by atoms with Crippen molar-refractivity contribution < 1.29 is 8.78 Å². The molecule has 2 nitrogen and oxygen atoms in total. The number of nitrogens with two attached hydrogens (primary N) is 1. The van der Waals surface area contributed by atoms with Gasteiger partial charge in [-0.05, 0) is 30.7 Å². The van der Waals surface area contributed by atoms with E-state index in [1.165, 1.54) is 0 Å². The minimum absolute atomic E-state index is 0.326. The van der Waals surface area contributed by atoms with Crippen molar-refractivity contribution in [3.05, 3.63) is 41.6 Å². The molecule has 0 unspecified atom stereocenters. The van der Waals surface area contributed by atoms with Crippen LogP contribution in [0.2, 0.25) is 0 Å². The fourth-order valence-corrected chi connectivity index (χ4v) is 1.76. The Morgan fingerprint density at radius 3 is 2.71 bits per heavy atom. The molecule has 2 N–H and O–H groups in total. The van der Waals surface area contributed by atoms with Gasteiger partial charge in [0.1, 0.15) is 0 Å². The fourth-order valence-electron chi connectivity index (χ4n) is 1.76. The van der Waals surface area contributed by atoms with Crippen LogP contribution in [0, 0.1) is 6.92 Å². The Balaban J connectivity index is 2.35. The zero-order valence-corrected chi connectivity index (χ0v) is 9.58. The fraction of sp³-hybridized carbons (Fsp3) is 0.308. The maximum Gasteiger partial charge on any atom is 0.264 e. The van der Waals surface area contributed by atoms with Crippen LogP contribution in [0.1, 0.15) is 11.3 Å². The molecule has 1 aromatic carbocycles. The summed E-state index contributed by atoms with van der Waals surface area (Å²) in [7, 11) is 0. The molecule has 2 aromatic rings. The molecule has 4 heteroatoms. The molecule has 0 spiro atoms. The number of hydrogen-bond donors (Lipinski definition) is 1. The summed E-state index contributed by atoms with van der Waals surface area (Å²) in [6, 6.07) is 8.95. The van der Waals surface area contributed by atoms with Crippen molar-refractivity contribution in [2.24, 2.45) is 5.73 Å². The summed E-state index contributed by atoms with van der Waals surface area (Å²) in [6.07, 6.45) is -0.326. The second kappa shape index (κ2) is 4.37. The van der Waals surface area contributed by atoms with Gasteiger partial charge in [0, 0.05) is 17.5 Å². The molecular weight excluding hydrogens is 222 g/mol. The molecule has 2 rings (SSSR count). The summed E-state index contributed by atoms with van der Waals surface area (Å²) in [5.41, 5.74) is 7.34. The van der Waals surface area contributed by atoms with E-state index in [1.54, 1.807) is 18.2 Å². The summed E-state index contributed by atoms with van der Waals surface area (Å²) in [5, 5.41) is 0.876. The molecule has 0 aliphatic carbocycles. The first-order valence-corrected chi connectivity index (χ1v) is 5.44. The standard InChI is InChI=1S/C13H14F2N2/c1-9-2-4-11-6-10(3-5-12(11)17-9)7-13(14,15)8-16/h2-6H,7-8,16H2,1H3. The van der Waals surface area contributed by atoms with E-state index in [0.29, 0.717) is 5.56 Å². The van der Waals surface area contributed by atoms with Gasteiger partial charge in [-0.15, -0.1) is 0 Å². The number of aryl methyl sites for hydroxylation is 1. The SMILES string of the molecule is Cc1ccc2cc(CC(F)(F)CN)ccc2n1. The van der Waals surface area contributed by atoms with Crippen molar-refractivity contribution in [1.82, 2.24) is 4.98 Å². The maximum absolute atomic E-state index is 13.2. The van der Waals surface area contributed by atoms with Crippen molar-refractivity contribution in [2.45, 2.75) is 19.3 Å². The lowest BCUT2D eigenvalue weighted by atomic mass is 10.0. The Bertz CT molecular complexity index is 538. The van der Waals surface area contributed by atoms with E-state index in [2.05, 4.69) is 4.98 Å². The van der Waals surface area contributed by atoms with Crippen molar-refractivity contribution >= 4 is 10.9 Å². The zero-order chi connectivity index (χ0) is 12.5. The first-order valence-electron chi connectivity index (χ1n) is 5.44. The van der Waals surface area contributed by atoms with Crippen LogP contribution in [0.25, 0.3) is 10.9 Å². The normalized spacial score (nSPS) is 12.0. The Morgan fingerprint density at radius 2 is 2.00 bits per heavy atom. The van der Waals surface area contributed by atoms with Gasteiger partial charge in [-0.3, -0.25) is 4.98 Å². The smallest absolute Gasteiger partial charge is 0.264 e. The van der Waals surface area contributed by atoms with Crippen LogP contribution in [-0.4, -0.2) is 17.5 Å². The number of rotatable bonds is 3. The topological polar surface area (TPSA) is 38.9 Å². The highest BCUT2D eigenvalue weighted by Gasteiger charge is 2.26. The molecule has 0 amide bonds. The number of pyridine rings is 1. The number of fused-ring (bicyclic) bond motifs is 1. The van der Waals surface area contributed by atoms with Crippen molar-refractivity contribution in [3.63, 3.8) is 0 Å². The number of halogens is 2. The molecule has 0 saturated heterocycles. The maximum atomic E-state index is 13.2. The predicted octanol–water partition coefficient (Wildman–Crippen LogP) is 2.68. The average Bonchev–Trinajstić information content (AvgIpc) is 2.29. The highest BCUT2D eigenvalue weighted by atomic mass is 19.3. The molecule has 0 aliphatic rings. The third-order valence-corrected chi connectivity index (χ3v) is 2.65. The first kappa shape index (κ1) is 11.9. The van der Waals surface area contributed by atoms with Gasteiger partial charge in [-0.2, -0.15) is 0 Å². The Hall–Kier alpha value is -1.55. The Morgan fingerprint density at radius 1 is 1.24 bits per heavy atom. The molecular formula is C13H14F2N2. The number of nitrogens with zero attached hydrogens (tertiary/aromatic N) is 1. The number of hydrogen-bond acceptors (Lipinski definition) is 2. The Labute approximate surface area is 98.5 Å². The average molecular weight is 236 g/mol. The highest BCUT2D eigenvalue weighted by Crippen LogP contribution is 2.21. The summed E-state index contributed by atoms with van der Waals surface area (Å²) in [5.74, 6) is -2.84. The van der Waals surface area contributed by atoms with Crippen molar-refractivity contribution in [2.75, 3.05) is 6.54 Å². The van der Waals surface area contributed by atoms with E-state index < -0.39 is 12.5 Å². The number of benzene rings is 1. The summed E-state index contributed by atoms with van der Waals surface area (Å²) < 4.78 is 26.3. The van der Waals surface area contributed by atoms with Crippen LogP contribution in [0.4, 0.5) is 8.78 Å². The number of aromatic nitrogens is 1. The largest absolute Gasteiger partial charge is 0.325 e. The predicted molar refractivity (Wildman–Crippen MR) is 64.2 cm³/mol. The van der Waals surface area contributed by atoms with Gasteiger partial charge in [0.25, 0.3) is 5.92 Å².